The van der Waals surface area contributed by atoms with Crippen molar-refractivity contribution < 1.29 is 4.79 Å². The average Bonchev–Trinajstić information content (AvgIpc) is 3.14. The number of amides is 1. The zero-order valence-corrected chi connectivity index (χ0v) is 22.2. The molecule has 1 amide bonds. The van der Waals surface area contributed by atoms with E-state index in [0.29, 0.717) is 44.6 Å². The standard InChI is InChI=1S/C28H30N4O2S2/c1-19(2)18-32-27(34)23(36-28(32)35)17-22-25(29-24-10-6-7-13-31(24)26(22)33)30-14-11-21(12-15-30)16-20-8-4-3-5-9-20/h3-10,13,17,19,21H,11-12,14-16,18H2,1-2H3/b23-17-. The summed E-state index contributed by atoms with van der Waals surface area (Å²) in [6.45, 7) is 6.33. The molecule has 0 aliphatic carbocycles. The van der Waals surface area contributed by atoms with Crippen molar-refractivity contribution >= 4 is 51.7 Å². The van der Waals surface area contributed by atoms with Crippen LogP contribution in [-0.2, 0) is 11.2 Å². The SMILES string of the molecule is CC(C)CN1C(=O)/C(=C/c2c(N3CCC(Cc4ccccc4)CC3)nc3ccccn3c2=O)SC1=S. The molecule has 0 N–H and O–H groups in total. The number of thioether (sulfide) groups is 1. The highest BCUT2D eigenvalue weighted by Gasteiger charge is 2.33. The van der Waals surface area contributed by atoms with Crippen LogP contribution in [0.4, 0.5) is 5.82 Å². The molecule has 36 heavy (non-hydrogen) atoms. The molecule has 4 heterocycles. The Kier molecular flexibility index (Phi) is 7.25. The van der Waals surface area contributed by atoms with E-state index in [0.717, 1.165) is 32.4 Å². The van der Waals surface area contributed by atoms with Crippen LogP contribution in [0.25, 0.3) is 11.7 Å². The van der Waals surface area contributed by atoms with Crippen LogP contribution >= 0.6 is 24.0 Å². The number of hydrogen-bond acceptors (Lipinski definition) is 6. The van der Waals surface area contributed by atoms with E-state index >= 15 is 0 Å². The van der Waals surface area contributed by atoms with Crippen LogP contribution in [0.1, 0.15) is 37.8 Å². The van der Waals surface area contributed by atoms with E-state index in [9.17, 15) is 9.59 Å². The number of thiocarbonyl (C=S) groups is 1. The molecule has 5 rings (SSSR count). The number of pyridine rings is 1. The van der Waals surface area contributed by atoms with E-state index in [1.54, 1.807) is 21.6 Å². The number of piperidine rings is 1. The van der Waals surface area contributed by atoms with Crippen LogP contribution in [0.2, 0.25) is 0 Å². The number of anilines is 1. The van der Waals surface area contributed by atoms with Gasteiger partial charge in [0.05, 0.1) is 10.5 Å². The predicted octanol–water partition coefficient (Wildman–Crippen LogP) is 5.01. The molecule has 2 saturated heterocycles. The maximum Gasteiger partial charge on any atom is 0.267 e. The molecule has 2 fully saturated rings. The predicted molar refractivity (Wildman–Crippen MR) is 151 cm³/mol. The Balaban J connectivity index is 1.46. The number of carbonyl (C=O) groups is 1. The van der Waals surface area contributed by atoms with E-state index in [2.05, 4.69) is 43.0 Å². The number of aromatic nitrogens is 2. The van der Waals surface area contributed by atoms with Gasteiger partial charge in [0.2, 0.25) is 0 Å². The molecule has 3 aromatic rings. The molecule has 0 radical (unpaired) electrons. The lowest BCUT2D eigenvalue weighted by molar-refractivity contribution is -0.122. The van der Waals surface area contributed by atoms with Crippen LogP contribution in [-0.4, -0.2) is 44.1 Å². The Morgan fingerprint density at radius 1 is 1.08 bits per heavy atom. The zero-order chi connectivity index (χ0) is 25.2. The molecule has 0 saturated carbocycles. The van der Waals surface area contributed by atoms with E-state index in [-0.39, 0.29) is 11.5 Å². The van der Waals surface area contributed by atoms with Crippen molar-refractivity contribution in [3.63, 3.8) is 0 Å². The Morgan fingerprint density at radius 3 is 2.53 bits per heavy atom. The van der Waals surface area contributed by atoms with Crippen LogP contribution in [0.3, 0.4) is 0 Å². The molecule has 0 bridgehead atoms. The summed E-state index contributed by atoms with van der Waals surface area (Å²) in [4.78, 5) is 36.0. The lowest BCUT2D eigenvalue weighted by Crippen LogP contribution is -2.37. The molecule has 186 valence electrons. The van der Waals surface area contributed by atoms with E-state index < -0.39 is 0 Å². The maximum atomic E-state index is 13.6. The monoisotopic (exact) mass is 518 g/mol. The van der Waals surface area contributed by atoms with Gasteiger partial charge in [-0.2, -0.15) is 0 Å². The molecule has 1 aromatic carbocycles. The highest BCUT2D eigenvalue weighted by Crippen LogP contribution is 2.34. The second-order valence-electron chi connectivity index (χ2n) is 9.89. The van der Waals surface area contributed by atoms with Gasteiger partial charge in [-0.1, -0.05) is 74.2 Å². The number of nitrogens with zero attached hydrogens (tertiary/aromatic N) is 4. The summed E-state index contributed by atoms with van der Waals surface area (Å²) in [5, 5.41) is 0. The number of carbonyl (C=O) groups excluding carboxylic acids is 1. The molecule has 2 aliphatic heterocycles. The molecule has 2 aliphatic rings. The summed E-state index contributed by atoms with van der Waals surface area (Å²) >= 11 is 6.75. The minimum atomic E-state index is -0.170. The molecule has 8 heteroatoms. The van der Waals surface area contributed by atoms with E-state index in [1.165, 1.54) is 17.3 Å². The van der Waals surface area contributed by atoms with E-state index in [4.69, 9.17) is 17.2 Å². The molecular weight excluding hydrogens is 488 g/mol. The number of fused-ring (bicyclic) bond motifs is 1. The molecular formula is C28H30N4O2S2. The quantitative estimate of drug-likeness (QED) is 0.338. The Bertz CT molecular complexity index is 1380. The van der Waals surface area contributed by atoms with Gasteiger partial charge in [-0.3, -0.25) is 18.9 Å². The van der Waals surface area contributed by atoms with Gasteiger partial charge < -0.3 is 4.90 Å². The van der Waals surface area contributed by atoms with Crippen molar-refractivity contribution in [3.05, 3.63) is 81.1 Å². The fourth-order valence-corrected chi connectivity index (χ4v) is 6.17. The van der Waals surface area contributed by atoms with Crippen molar-refractivity contribution in [3.8, 4) is 0 Å². The van der Waals surface area contributed by atoms with Gasteiger partial charge >= 0.3 is 0 Å². The summed E-state index contributed by atoms with van der Waals surface area (Å²) in [5.41, 5.74) is 2.25. The summed E-state index contributed by atoms with van der Waals surface area (Å²) in [6, 6.07) is 16.1. The Labute approximate surface area is 221 Å². The Hall–Kier alpha value is -2.97. The van der Waals surface area contributed by atoms with Crippen LogP contribution in [0.5, 0.6) is 0 Å². The van der Waals surface area contributed by atoms with Gasteiger partial charge in [-0.25, -0.2) is 4.98 Å². The molecule has 0 atom stereocenters. The first-order valence-corrected chi connectivity index (χ1v) is 13.7. The molecule has 0 unspecified atom stereocenters. The number of hydrogen-bond donors (Lipinski definition) is 0. The highest BCUT2D eigenvalue weighted by atomic mass is 32.2. The summed E-state index contributed by atoms with van der Waals surface area (Å²) in [5.74, 6) is 1.41. The smallest absolute Gasteiger partial charge is 0.267 e. The molecule has 2 aromatic heterocycles. The summed E-state index contributed by atoms with van der Waals surface area (Å²) in [6.07, 6.45) is 6.55. The average molecular weight is 519 g/mol. The van der Waals surface area contributed by atoms with Gasteiger partial charge in [-0.15, -0.1) is 0 Å². The first kappa shape index (κ1) is 24.7. The maximum absolute atomic E-state index is 13.6. The summed E-state index contributed by atoms with van der Waals surface area (Å²) in [7, 11) is 0. The summed E-state index contributed by atoms with van der Waals surface area (Å²) < 4.78 is 2.09. The first-order valence-electron chi connectivity index (χ1n) is 12.5. The Morgan fingerprint density at radius 2 is 1.81 bits per heavy atom. The number of benzene rings is 1. The van der Waals surface area contributed by atoms with Crippen LogP contribution < -0.4 is 10.5 Å². The fourth-order valence-electron chi connectivity index (χ4n) is 4.91. The second-order valence-corrected chi connectivity index (χ2v) is 11.6. The van der Waals surface area contributed by atoms with Gasteiger partial charge in [0.15, 0.2) is 0 Å². The van der Waals surface area contributed by atoms with Crippen molar-refractivity contribution in [2.24, 2.45) is 11.8 Å². The van der Waals surface area contributed by atoms with Crippen molar-refractivity contribution in [2.75, 3.05) is 24.5 Å². The van der Waals surface area contributed by atoms with Crippen LogP contribution in [0, 0.1) is 11.8 Å². The minimum Gasteiger partial charge on any atom is -0.356 e. The zero-order valence-electron chi connectivity index (χ0n) is 20.6. The largest absolute Gasteiger partial charge is 0.356 e. The fraction of sp³-hybridized carbons (Fsp3) is 0.357. The first-order chi connectivity index (χ1) is 17.4. The van der Waals surface area contributed by atoms with Crippen molar-refractivity contribution in [2.45, 2.75) is 33.1 Å². The van der Waals surface area contributed by atoms with Gasteiger partial charge in [0.25, 0.3) is 11.5 Å². The third-order valence-corrected chi connectivity index (χ3v) is 8.10. The normalized spacial score (nSPS) is 18.2. The van der Waals surface area contributed by atoms with Crippen molar-refractivity contribution in [1.82, 2.24) is 14.3 Å². The third kappa shape index (κ3) is 5.11. The van der Waals surface area contributed by atoms with Crippen LogP contribution in [0.15, 0.2) is 64.4 Å². The number of rotatable bonds is 6. The van der Waals surface area contributed by atoms with Gasteiger partial charge in [0, 0.05) is 25.8 Å². The lowest BCUT2D eigenvalue weighted by atomic mass is 9.90. The van der Waals surface area contributed by atoms with E-state index in [1.807, 2.05) is 24.3 Å². The van der Waals surface area contributed by atoms with Gasteiger partial charge in [-0.05, 0) is 54.9 Å². The van der Waals surface area contributed by atoms with Crippen molar-refractivity contribution in [1.29, 1.82) is 0 Å². The minimum absolute atomic E-state index is 0.135. The second kappa shape index (κ2) is 10.6. The topological polar surface area (TPSA) is 57.9 Å². The van der Waals surface area contributed by atoms with Gasteiger partial charge in [0.1, 0.15) is 15.8 Å². The third-order valence-electron chi connectivity index (χ3n) is 6.73. The molecule has 0 spiro atoms. The lowest BCUT2D eigenvalue weighted by Gasteiger charge is -2.33. The molecule has 6 nitrogen and oxygen atoms in total. The highest BCUT2D eigenvalue weighted by molar-refractivity contribution is 8.26.